The number of aromatic amines is 1. The molecule has 1 N–H and O–H groups in total. The van der Waals surface area contributed by atoms with Crippen LogP contribution in [0.4, 0.5) is 0 Å². The van der Waals surface area contributed by atoms with Gasteiger partial charge in [0.25, 0.3) is 0 Å². The molecule has 20 heavy (non-hydrogen) atoms. The summed E-state index contributed by atoms with van der Waals surface area (Å²) in [5.41, 5.74) is 5.48. The summed E-state index contributed by atoms with van der Waals surface area (Å²) in [7, 11) is 1.97. The topological polar surface area (TPSA) is 38.5 Å². The van der Waals surface area contributed by atoms with Crippen LogP contribution in [0.5, 0.6) is 0 Å². The highest BCUT2D eigenvalue weighted by atomic mass is 32.1. The number of hydrogen-bond acceptors (Lipinski definition) is 2. The van der Waals surface area contributed by atoms with Crippen LogP contribution < -0.4 is 0 Å². The van der Waals surface area contributed by atoms with Gasteiger partial charge in [-0.15, -0.1) is 0 Å². The van der Waals surface area contributed by atoms with E-state index >= 15 is 0 Å². The van der Waals surface area contributed by atoms with Crippen molar-refractivity contribution in [1.29, 1.82) is 0 Å². The first kappa shape index (κ1) is 13.1. The van der Waals surface area contributed by atoms with Gasteiger partial charge in [-0.3, -0.25) is 4.57 Å². The Morgan fingerprint density at radius 3 is 2.75 bits per heavy atom. The summed E-state index contributed by atoms with van der Waals surface area (Å²) in [6.45, 7) is 4.26. The van der Waals surface area contributed by atoms with Gasteiger partial charge in [0.05, 0.1) is 11.4 Å². The Kier molecular flexibility index (Phi) is 3.22. The number of imidazole rings is 1. The molecular weight excluding hydrogens is 268 g/mol. The Balaban J connectivity index is 2.35. The Morgan fingerprint density at radius 1 is 1.30 bits per heavy atom. The highest BCUT2D eigenvalue weighted by molar-refractivity contribution is 7.71. The van der Waals surface area contributed by atoms with Gasteiger partial charge in [0.1, 0.15) is 5.52 Å². The highest BCUT2D eigenvalue weighted by Crippen LogP contribution is 2.24. The van der Waals surface area contributed by atoms with Crippen molar-refractivity contribution in [2.45, 2.75) is 26.7 Å². The molecule has 0 bridgehead atoms. The van der Waals surface area contributed by atoms with Crippen LogP contribution in [0.2, 0.25) is 0 Å². The summed E-state index contributed by atoms with van der Waals surface area (Å²) in [6.07, 6.45) is 2.03. The molecule has 0 saturated heterocycles. The van der Waals surface area contributed by atoms with Crippen LogP contribution in [0, 0.1) is 11.7 Å². The van der Waals surface area contributed by atoms with E-state index in [1.165, 1.54) is 5.56 Å². The number of hydrogen-bond donors (Lipinski definition) is 1. The largest absolute Gasteiger partial charge is 0.327 e. The highest BCUT2D eigenvalue weighted by Gasteiger charge is 2.16. The minimum atomic E-state index is 0.722. The molecule has 0 radical (unpaired) electrons. The van der Waals surface area contributed by atoms with E-state index in [-0.39, 0.29) is 0 Å². The van der Waals surface area contributed by atoms with Crippen molar-refractivity contribution in [2.75, 3.05) is 0 Å². The lowest BCUT2D eigenvalue weighted by atomic mass is 10.2. The average molecular weight is 286 g/mol. The molecule has 104 valence electrons. The predicted molar refractivity (Wildman–Crippen MR) is 84.0 cm³/mol. The van der Waals surface area contributed by atoms with Crippen LogP contribution in [-0.4, -0.2) is 19.3 Å². The van der Waals surface area contributed by atoms with E-state index in [9.17, 15) is 0 Å². The van der Waals surface area contributed by atoms with E-state index in [1.54, 1.807) is 0 Å². The molecule has 0 fully saturated rings. The summed E-state index contributed by atoms with van der Waals surface area (Å²) in [6, 6.07) is 8.26. The van der Waals surface area contributed by atoms with Gasteiger partial charge in [0.15, 0.2) is 10.4 Å². The molecule has 0 atom stereocenters. The summed E-state index contributed by atoms with van der Waals surface area (Å²) in [5.74, 6) is 0. The smallest absolute Gasteiger partial charge is 0.184 e. The molecule has 0 aliphatic carbocycles. The second-order valence-corrected chi connectivity index (χ2v) is 5.46. The van der Waals surface area contributed by atoms with E-state index in [4.69, 9.17) is 12.2 Å². The zero-order valence-corrected chi connectivity index (χ0v) is 12.8. The standard InChI is InChI=1S/C15H18N4S/c1-4-7-11-13-14(18(3)17-11)19(15(20)16-13)12-9-6-5-8-10(12)2/h5-6,8-9H,4,7H2,1-3H3,(H,16,20). The fraction of sp³-hybridized carbons (Fsp3) is 0.333. The van der Waals surface area contributed by atoms with Crippen molar-refractivity contribution < 1.29 is 0 Å². The van der Waals surface area contributed by atoms with E-state index in [0.29, 0.717) is 0 Å². The van der Waals surface area contributed by atoms with Crippen LogP contribution in [-0.2, 0) is 13.5 Å². The van der Waals surface area contributed by atoms with Crippen LogP contribution in [0.15, 0.2) is 24.3 Å². The van der Waals surface area contributed by atoms with E-state index in [1.807, 2.05) is 23.9 Å². The number of fused-ring (bicyclic) bond motifs is 1. The van der Waals surface area contributed by atoms with E-state index in [2.05, 4.69) is 40.6 Å². The molecule has 0 saturated carbocycles. The quantitative estimate of drug-likeness (QED) is 0.746. The van der Waals surface area contributed by atoms with Gasteiger partial charge < -0.3 is 4.98 Å². The summed E-state index contributed by atoms with van der Waals surface area (Å²) in [4.78, 5) is 3.32. The fourth-order valence-electron chi connectivity index (χ4n) is 2.66. The van der Waals surface area contributed by atoms with Gasteiger partial charge in [-0.1, -0.05) is 31.5 Å². The minimum Gasteiger partial charge on any atom is -0.327 e. The molecule has 3 rings (SSSR count). The Hall–Kier alpha value is -1.88. The van der Waals surface area contributed by atoms with Crippen LogP contribution >= 0.6 is 12.2 Å². The molecule has 5 heteroatoms. The molecule has 2 aromatic heterocycles. The second kappa shape index (κ2) is 4.90. The molecule has 0 amide bonds. The first-order valence-corrected chi connectivity index (χ1v) is 7.27. The van der Waals surface area contributed by atoms with Gasteiger partial charge >= 0.3 is 0 Å². The fourth-order valence-corrected chi connectivity index (χ4v) is 2.95. The van der Waals surface area contributed by atoms with Gasteiger partial charge in [-0.2, -0.15) is 5.10 Å². The maximum Gasteiger partial charge on any atom is 0.184 e. The van der Waals surface area contributed by atoms with E-state index in [0.717, 1.165) is 40.2 Å². The molecule has 3 aromatic rings. The van der Waals surface area contributed by atoms with Crippen LogP contribution in [0.25, 0.3) is 16.9 Å². The molecule has 1 aromatic carbocycles. The maximum atomic E-state index is 5.52. The normalized spacial score (nSPS) is 11.3. The third-order valence-electron chi connectivity index (χ3n) is 3.58. The average Bonchev–Trinajstić information content (AvgIpc) is 2.89. The number of H-pyrrole nitrogens is 1. The first-order valence-electron chi connectivity index (χ1n) is 6.86. The van der Waals surface area contributed by atoms with Crippen molar-refractivity contribution in [3.63, 3.8) is 0 Å². The zero-order valence-electron chi connectivity index (χ0n) is 12.0. The Labute approximate surface area is 123 Å². The van der Waals surface area contributed by atoms with Crippen molar-refractivity contribution in [3.05, 3.63) is 40.3 Å². The molecular formula is C15H18N4S. The third kappa shape index (κ3) is 1.89. The maximum absolute atomic E-state index is 5.52. The summed E-state index contributed by atoms with van der Waals surface area (Å²) in [5, 5.41) is 4.61. The van der Waals surface area contributed by atoms with Crippen molar-refractivity contribution in [2.24, 2.45) is 7.05 Å². The van der Waals surface area contributed by atoms with E-state index < -0.39 is 0 Å². The monoisotopic (exact) mass is 286 g/mol. The Bertz CT molecular complexity index is 822. The minimum absolute atomic E-state index is 0.722. The van der Waals surface area contributed by atoms with Crippen molar-refractivity contribution >= 4 is 23.4 Å². The number of aryl methyl sites for hydroxylation is 3. The van der Waals surface area contributed by atoms with Crippen molar-refractivity contribution in [3.8, 4) is 5.69 Å². The third-order valence-corrected chi connectivity index (χ3v) is 3.86. The zero-order chi connectivity index (χ0) is 14.3. The number of benzene rings is 1. The lowest BCUT2D eigenvalue weighted by Crippen LogP contribution is -2.02. The summed E-state index contributed by atoms with van der Waals surface area (Å²) >= 11 is 5.52. The molecule has 2 heterocycles. The first-order chi connectivity index (χ1) is 9.63. The Morgan fingerprint density at radius 2 is 2.05 bits per heavy atom. The van der Waals surface area contributed by atoms with Crippen LogP contribution in [0.1, 0.15) is 24.6 Å². The molecule has 0 aliphatic heterocycles. The molecule has 0 unspecified atom stereocenters. The van der Waals surface area contributed by atoms with Gasteiger partial charge in [-0.05, 0) is 37.2 Å². The van der Waals surface area contributed by atoms with Gasteiger partial charge in [0.2, 0.25) is 0 Å². The van der Waals surface area contributed by atoms with Crippen LogP contribution in [0.3, 0.4) is 0 Å². The number of para-hydroxylation sites is 1. The van der Waals surface area contributed by atoms with Gasteiger partial charge in [-0.25, -0.2) is 4.68 Å². The number of nitrogens with zero attached hydrogens (tertiary/aromatic N) is 3. The lowest BCUT2D eigenvalue weighted by molar-refractivity contribution is 0.735. The molecule has 0 aliphatic rings. The second-order valence-electron chi connectivity index (χ2n) is 5.07. The number of aromatic nitrogens is 4. The number of nitrogens with one attached hydrogen (secondary N) is 1. The predicted octanol–water partition coefficient (Wildman–Crippen LogP) is 3.68. The number of rotatable bonds is 3. The van der Waals surface area contributed by atoms with Gasteiger partial charge in [0, 0.05) is 7.05 Å². The molecule has 4 nitrogen and oxygen atoms in total. The van der Waals surface area contributed by atoms with Crippen molar-refractivity contribution in [1.82, 2.24) is 19.3 Å². The summed E-state index contributed by atoms with van der Waals surface area (Å²) < 4.78 is 4.71. The molecule has 0 spiro atoms. The SMILES string of the molecule is CCCc1nn(C)c2c1[nH]c(=S)n2-c1ccccc1C. The lowest BCUT2D eigenvalue weighted by Gasteiger charge is -2.07.